The molecule has 33 heavy (non-hydrogen) atoms. The molecular formula is C23H32N6O4. The van der Waals surface area contributed by atoms with Gasteiger partial charge < -0.3 is 19.6 Å². The van der Waals surface area contributed by atoms with Crippen molar-refractivity contribution in [3.05, 3.63) is 59.8 Å². The van der Waals surface area contributed by atoms with Gasteiger partial charge in [0.2, 0.25) is 6.29 Å². The number of amides is 1. The molecule has 1 aromatic carbocycles. The lowest BCUT2D eigenvalue weighted by atomic mass is 10.1. The number of nitrogens with two attached hydrogens (primary N) is 1. The molecule has 2 aromatic rings. The molecule has 178 valence electrons. The molecule has 0 unspecified atom stereocenters. The van der Waals surface area contributed by atoms with Gasteiger partial charge in [0.05, 0.1) is 18.9 Å². The highest BCUT2D eigenvalue weighted by Crippen LogP contribution is 2.10. The number of rotatable bonds is 13. The Morgan fingerprint density at radius 2 is 1.79 bits per heavy atom. The molecule has 10 nitrogen and oxygen atoms in total. The first-order chi connectivity index (χ1) is 16.0. The zero-order chi connectivity index (χ0) is 24.1. The van der Waals surface area contributed by atoms with Crippen LogP contribution in [0.4, 0.5) is 5.82 Å². The number of hydrazine groups is 1. The average Bonchev–Trinajstić information content (AvgIpc) is 2.82. The van der Waals surface area contributed by atoms with E-state index in [9.17, 15) is 4.79 Å². The van der Waals surface area contributed by atoms with E-state index in [1.807, 2.05) is 44.2 Å². The Kier molecular flexibility index (Phi) is 10.9. The van der Waals surface area contributed by atoms with Crippen molar-refractivity contribution in [2.75, 3.05) is 25.6 Å². The molecule has 0 fully saturated rings. The first-order valence-electron chi connectivity index (χ1n) is 10.8. The highest BCUT2D eigenvalue weighted by Gasteiger charge is 2.20. The number of hydrogen-bond donors (Lipinski definition) is 3. The van der Waals surface area contributed by atoms with Gasteiger partial charge in [0.15, 0.2) is 18.2 Å². The molecule has 10 heteroatoms. The summed E-state index contributed by atoms with van der Waals surface area (Å²) in [6.45, 7) is 4.77. The van der Waals surface area contributed by atoms with E-state index in [1.54, 1.807) is 25.2 Å². The molecule has 1 aromatic heterocycles. The summed E-state index contributed by atoms with van der Waals surface area (Å²) in [5.41, 5.74) is 1.52. The second-order valence-corrected chi connectivity index (χ2v) is 7.12. The number of aromatic nitrogens is 1. The summed E-state index contributed by atoms with van der Waals surface area (Å²) in [7, 11) is 1.55. The minimum atomic E-state index is -0.996. The highest BCUT2D eigenvalue weighted by atomic mass is 16.7. The third kappa shape index (κ3) is 8.60. The van der Waals surface area contributed by atoms with Gasteiger partial charge in [-0.25, -0.2) is 10.8 Å². The number of nitrogens with one attached hydrogen (secondary N) is 2. The van der Waals surface area contributed by atoms with Gasteiger partial charge in [0.1, 0.15) is 5.82 Å². The summed E-state index contributed by atoms with van der Waals surface area (Å²) in [5, 5.41) is 16.1. The van der Waals surface area contributed by atoms with Crippen LogP contribution < -0.4 is 11.2 Å². The highest BCUT2D eigenvalue weighted by molar-refractivity contribution is 6.46. The van der Waals surface area contributed by atoms with Crippen molar-refractivity contribution < 1.29 is 19.1 Å². The Balaban J connectivity index is 2.06. The number of hydrogen-bond acceptors (Lipinski definition) is 8. The van der Waals surface area contributed by atoms with Crippen LogP contribution in [-0.2, 0) is 25.7 Å². The number of oxime groups is 1. The van der Waals surface area contributed by atoms with E-state index in [-0.39, 0.29) is 18.2 Å². The number of nitrogens with zero attached hydrogens (tertiary/aromatic N) is 3. The van der Waals surface area contributed by atoms with Gasteiger partial charge in [-0.1, -0.05) is 55.4 Å². The number of carbonyl (C=O) groups is 1. The van der Waals surface area contributed by atoms with Crippen LogP contribution in [-0.4, -0.2) is 54.0 Å². The fourth-order valence-corrected chi connectivity index (χ4v) is 2.62. The predicted molar refractivity (Wildman–Crippen MR) is 127 cm³/mol. The van der Waals surface area contributed by atoms with Crippen LogP contribution in [0, 0.1) is 5.41 Å². The molecule has 1 heterocycles. The SMILES string of the molecule is CCCOC(OCCC)C(=O)Nc1cccc(CO/N=C(\C(=N)N(C)N)c2ccccc2)n1. The fourth-order valence-electron chi connectivity index (χ4n) is 2.62. The van der Waals surface area contributed by atoms with E-state index in [2.05, 4.69) is 15.5 Å². The molecule has 0 aliphatic heterocycles. The Bertz CT molecular complexity index is 912. The van der Waals surface area contributed by atoms with E-state index in [0.29, 0.717) is 30.3 Å². The maximum Gasteiger partial charge on any atom is 0.282 e. The number of ether oxygens (including phenoxy) is 2. The van der Waals surface area contributed by atoms with Crippen molar-refractivity contribution in [3.8, 4) is 0 Å². The van der Waals surface area contributed by atoms with E-state index in [4.69, 9.17) is 25.6 Å². The maximum absolute atomic E-state index is 12.5. The summed E-state index contributed by atoms with van der Waals surface area (Å²) in [6.07, 6.45) is 0.546. The first-order valence-corrected chi connectivity index (χ1v) is 10.8. The van der Waals surface area contributed by atoms with Gasteiger partial charge in [-0.3, -0.25) is 15.2 Å². The molecule has 0 radical (unpaired) electrons. The van der Waals surface area contributed by atoms with Crippen molar-refractivity contribution in [2.24, 2.45) is 11.0 Å². The minimum Gasteiger partial charge on any atom is -0.389 e. The van der Waals surface area contributed by atoms with Gasteiger partial charge in [-0.2, -0.15) is 0 Å². The second-order valence-electron chi connectivity index (χ2n) is 7.12. The van der Waals surface area contributed by atoms with Crippen molar-refractivity contribution in [3.63, 3.8) is 0 Å². The number of carbonyl (C=O) groups excluding carboxylic acids is 1. The number of benzene rings is 1. The Morgan fingerprint density at radius 1 is 1.12 bits per heavy atom. The first kappa shape index (κ1) is 25.9. The standard InChI is InChI=1S/C23H32N6O4/c1-4-14-31-23(32-15-5-2)22(30)27-19-13-9-12-18(26-19)16-33-28-20(21(24)29(3)25)17-10-7-6-8-11-17/h6-13,23-24H,4-5,14-16,25H2,1-3H3,(H,26,27,30)/b24-21?,28-20-. The lowest BCUT2D eigenvalue weighted by Crippen LogP contribution is -2.38. The zero-order valence-corrected chi connectivity index (χ0v) is 19.3. The van der Waals surface area contributed by atoms with Crippen molar-refractivity contribution >= 4 is 23.3 Å². The number of pyridine rings is 1. The van der Waals surface area contributed by atoms with E-state index in [1.165, 1.54) is 0 Å². The lowest BCUT2D eigenvalue weighted by Gasteiger charge is -2.17. The largest absolute Gasteiger partial charge is 0.389 e. The fraction of sp³-hybridized carbons (Fsp3) is 0.391. The molecule has 4 N–H and O–H groups in total. The van der Waals surface area contributed by atoms with Gasteiger partial charge in [0, 0.05) is 12.6 Å². The summed E-state index contributed by atoms with van der Waals surface area (Å²) in [5.74, 6) is 5.62. The van der Waals surface area contributed by atoms with Crippen molar-refractivity contribution in [2.45, 2.75) is 39.6 Å². The molecule has 0 spiro atoms. The number of likely N-dealkylation sites (N-methyl/N-ethyl adjacent to an activating group) is 1. The zero-order valence-electron chi connectivity index (χ0n) is 19.3. The molecule has 0 atom stereocenters. The van der Waals surface area contributed by atoms with Gasteiger partial charge in [-0.15, -0.1) is 0 Å². The average molecular weight is 457 g/mol. The normalized spacial score (nSPS) is 11.4. The lowest BCUT2D eigenvalue weighted by molar-refractivity contribution is -0.167. The van der Waals surface area contributed by atoms with Crippen LogP contribution in [0.1, 0.15) is 37.9 Å². The molecule has 0 bridgehead atoms. The van der Waals surface area contributed by atoms with Crippen LogP contribution in [0.15, 0.2) is 53.7 Å². The van der Waals surface area contributed by atoms with Crippen molar-refractivity contribution in [1.82, 2.24) is 9.99 Å². The molecule has 1 amide bonds. The smallest absolute Gasteiger partial charge is 0.282 e. The Hall–Kier alpha value is -3.34. The molecular weight excluding hydrogens is 424 g/mol. The van der Waals surface area contributed by atoms with E-state index in [0.717, 1.165) is 17.9 Å². The summed E-state index contributed by atoms with van der Waals surface area (Å²) < 4.78 is 11.0. The molecule has 0 aliphatic carbocycles. The third-order valence-electron chi connectivity index (χ3n) is 4.21. The predicted octanol–water partition coefficient (Wildman–Crippen LogP) is 2.90. The Morgan fingerprint density at radius 3 is 2.39 bits per heavy atom. The maximum atomic E-state index is 12.5. The summed E-state index contributed by atoms with van der Waals surface area (Å²) >= 11 is 0. The number of anilines is 1. The minimum absolute atomic E-state index is 0.000346. The van der Waals surface area contributed by atoms with Crippen LogP contribution in [0.25, 0.3) is 0 Å². The second kappa shape index (κ2) is 13.9. The van der Waals surface area contributed by atoms with E-state index < -0.39 is 12.2 Å². The molecule has 0 aliphatic rings. The molecule has 2 rings (SSSR count). The topological polar surface area (TPSA) is 135 Å². The van der Waals surface area contributed by atoms with Crippen LogP contribution in [0.5, 0.6) is 0 Å². The van der Waals surface area contributed by atoms with Crippen molar-refractivity contribution in [1.29, 1.82) is 5.41 Å². The van der Waals surface area contributed by atoms with Gasteiger partial charge in [0.25, 0.3) is 5.91 Å². The van der Waals surface area contributed by atoms with Crippen LogP contribution in [0.2, 0.25) is 0 Å². The third-order valence-corrected chi connectivity index (χ3v) is 4.21. The van der Waals surface area contributed by atoms with Crippen LogP contribution in [0.3, 0.4) is 0 Å². The summed E-state index contributed by atoms with van der Waals surface area (Å²) in [6, 6.07) is 14.3. The molecule has 0 saturated carbocycles. The van der Waals surface area contributed by atoms with Crippen LogP contribution >= 0.6 is 0 Å². The van der Waals surface area contributed by atoms with Gasteiger partial charge in [-0.05, 0) is 25.0 Å². The van der Waals surface area contributed by atoms with E-state index >= 15 is 0 Å². The summed E-state index contributed by atoms with van der Waals surface area (Å²) in [4.78, 5) is 22.4. The van der Waals surface area contributed by atoms with Gasteiger partial charge >= 0.3 is 0 Å². The molecule has 0 saturated heterocycles. The monoisotopic (exact) mass is 456 g/mol. The Labute approximate surface area is 194 Å². The number of amidine groups is 1. The quantitative estimate of drug-likeness (QED) is 0.139.